The molecule has 1 atom stereocenters. The molecule has 0 bridgehead atoms. The summed E-state index contributed by atoms with van der Waals surface area (Å²) in [6.45, 7) is 2.56. The second-order valence-electron chi connectivity index (χ2n) is 3.89. The van der Waals surface area contributed by atoms with Crippen molar-refractivity contribution in [3.63, 3.8) is 0 Å². The summed E-state index contributed by atoms with van der Waals surface area (Å²) in [6.07, 6.45) is 2.68. The van der Waals surface area contributed by atoms with E-state index in [9.17, 15) is 4.39 Å². The Morgan fingerprint density at radius 3 is 2.69 bits per heavy atom. The van der Waals surface area contributed by atoms with E-state index in [4.69, 9.17) is 4.74 Å². The maximum Gasteiger partial charge on any atom is 0.123 e. The van der Waals surface area contributed by atoms with Gasteiger partial charge in [0.15, 0.2) is 0 Å². The predicted molar refractivity (Wildman–Crippen MR) is 57.1 cm³/mol. The van der Waals surface area contributed by atoms with Crippen molar-refractivity contribution in [2.45, 2.75) is 25.5 Å². The zero-order valence-electron chi connectivity index (χ0n) is 9.09. The van der Waals surface area contributed by atoms with Gasteiger partial charge in [0.25, 0.3) is 0 Å². The van der Waals surface area contributed by atoms with E-state index in [0.29, 0.717) is 6.10 Å². The molecule has 1 saturated heterocycles. The van der Waals surface area contributed by atoms with Crippen LogP contribution in [0.4, 0.5) is 4.39 Å². The van der Waals surface area contributed by atoms with Crippen molar-refractivity contribution in [2.75, 3.05) is 13.2 Å². The monoisotopic (exact) mass is 244 g/mol. The lowest BCUT2D eigenvalue weighted by Gasteiger charge is -2.10. The van der Waals surface area contributed by atoms with E-state index in [1.54, 1.807) is 12.1 Å². The van der Waals surface area contributed by atoms with Crippen LogP contribution in [0.3, 0.4) is 0 Å². The van der Waals surface area contributed by atoms with Gasteiger partial charge >= 0.3 is 0 Å². The molecule has 1 unspecified atom stereocenters. The smallest absolute Gasteiger partial charge is 0.123 e. The van der Waals surface area contributed by atoms with Gasteiger partial charge in [-0.25, -0.2) is 4.39 Å². The van der Waals surface area contributed by atoms with Crippen LogP contribution in [0.5, 0.6) is 0 Å². The Labute approximate surface area is 102 Å². The lowest BCUT2D eigenvalue weighted by molar-refractivity contribution is -0.00000502. The summed E-state index contributed by atoms with van der Waals surface area (Å²) in [5, 5.41) is 3.32. The standard InChI is InChI=1S/C12H16FNO.ClH/c13-11-5-3-10(4-6-11)8-14-9-12-2-1-7-15-12;/h3-6,12,14H,1-2,7-9H2;1H/p-1. The van der Waals surface area contributed by atoms with Crippen LogP contribution in [0.25, 0.3) is 0 Å². The second kappa shape index (κ2) is 6.84. The van der Waals surface area contributed by atoms with E-state index < -0.39 is 0 Å². The molecule has 1 N–H and O–H groups in total. The molecule has 1 aliphatic rings. The maximum atomic E-state index is 12.6. The van der Waals surface area contributed by atoms with Crippen molar-refractivity contribution in [3.05, 3.63) is 35.6 Å². The highest BCUT2D eigenvalue weighted by molar-refractivity contribution is 5.15. The fourth-order valence-corrected chi connectivity index (χ4v) is 1.79. The predicted octanol–water partition coefficient (Wildman–Crippen LogP) is -0.902. The van der Waals surface area contributed by atoms with Gasteiger partial charge in [-0.1, -0.05) is 12.1 Å². The minimum absolute atomic E-state index is 0. The number of rotatable bonds is 4. The molecule has 1 aromatic rings. The molecule has 4 heteroatoms. The summed E-state index contributed by atoms with van der Waals surface area (Å²) < 4.78 is 18.1. The molecule has 0 radical (unpaired) electrons. The Bertz CT molecular complexity index is 298. The van der Waals surface area contributed by atoms with Crippen LogP contribution in [0.15, 0.2) is 24.3 Å². The Kier molecular flexibility index (Phi) is 5.74. The first kappa shape index (κ1) is 13.4. The minimum Gasteiger partial charge on any atom is -1.00 e. The normalized spacial score (nSPS) is 19.4. The first-order valence-corrected chi connectivity index (χ1v) is 5.41. The van der Waals surface area contributed by atoms with Crippen LogP contribution >= 0.6 is 0 Å². The van der Waals surface area contributed by atoms with Crippen molar-refractivity contribution in [2.24, 2.45) is 0 Å². The molecule has 1 fully saturated rings. The SMILES string of the molecule is Fc1ccc(CNCC2CCCO2)cc1.[Cl-]. The summed E-state index contributed by atoms with van der Waals surface area (Å²) in [6, 6.07) is 6.59. The van der Waals surface area contributed by atoms with Crippen LogP contribution in [-0.2, 0) is 11.3 Å². The number of hydrogen-bond acceptors (Lipinski definition) is 2. The van der Waals surface area contributed by atoms with E-state index in [1.807, 2.05) is 0 Å². The number of hydrogen-bond donors (Lipinski definition) is 1. The highest BCUT2D eigenvalue weighted by atomic mass is 35.5. The number of ether oxygens (including phenoxy) is 1. The third kappa shape index (κ3) is 4.08. The average molecular weight is 245 g/mol. The fraction of sp³-hybridized carbons (Fsp3) is 0.500. The molecule has 1 aromatic carbocycles. The van der Waals surface area contributed by atoms with Crippen LogP contribution < -0.4 is 17.7 Å². The largest absolute Gasteiger partial charge is 1.00 e. The van der Waals surface area contributed by atoms with Gasteiger partial charge in [-0.3, -0.25) is 0 Å². The van der Waals surface area contributed by atoms with Gasteiger partial charge in [-0.15, -0.1) is 0 Å². The van der Waals surface area contributed by atoms with Crippen LogP contribution in [0.1, 0.15) is 18.4 Å². The van der Waals surface area contributed by atoms with E-state index in [2.05, 4.69) is 5.32 Å². The molecule has 0 aromatic heterocycles. The molecule has 16 heavy (non-hydrogen) atoms. The minimum atomic E-state index is -0.183. The summed E-state index contributed by atoms with van der Waals surface area (Å²) in [7, 11) is 0. The van der Waals surface area contributed by atoms with Gasteiger partial charge in [0.1, 0.15) is 5.82 Å². The van der Waals surface area contributed by atoms with Crippen molar-refractivity contribution < 1.29 is 21.5 Å². The van der Waals surface area contributed by atoms with Crippen LogP contribution in [0.2, 0.25) is 0 Å². The van der Waals surface area contributed by atoms with Gasteiger partial charge in [-0.2, -0.15) is 0 Å². The first-order chi connectivity index (χ1) is 7.34. The molecule has 0 aliphatic carbocycles. The fourth-order valence-electron chi connectivity index (χ4n) is 1.79. The first-order valence-electron chi connectivity index (χ1n) is 5.41. The Balaban J connectivity index is 0.00000128. The van der Waals surface area contributed by atoms with Crippen LogP contribution in [-0.4, -0.2) is 19.3 Å². The molecule has 0 saturated carbocycles. The molecule has 0 amide bonds. The van der Waals surface area contributed by atoms with E-state index in [0.717, 1.165) is 31.7 Å². The molecule has 90 valence electrons. The molecule has 2 rings (SSSR count). The molecule has 0 spiro atoms. The topological polar surface area (TPSA) is 21.3 Å². The van der Waals surface area contributed by atoms with E-state index in [1.165, 1.54) is 18.6 Å². The van der Waals surface area contributed by atoms with Crippen molar-refractivity contribution in [3.8, 4) is 0 Å². The highest BCUT2D eigenvalue weighted by Crippen LogP contribution is 2.10. The van der Waals surface area contributed by atoms with Crippen molar-refractivity contribution in [1.29, 1.82) is 0 Å². The summed E-state index contributed by atoms with van der Waals surface area (Å²) in [5.41, 5.74) is 1.11. The quantitative estimate of drug-likeness (QED) is 0.741. The summed E-state index contributed by atoms with van der Waals surface area (Å²) >= 11 is 0. The molecule has 1 heterocycles. The molecular formula is C12H16ClFNO-. The van der Waals surface area contributed by atoms with Crippen molar-refractivity contribution in [1.82, 2.24) is 5.32 Å². The van der Waals surface area contributed by atoms with Gasteiger partial charge in [0.05, 0.1) is 6.10 Å². The Morgan fingerprint density at radius 1 is 1.31 bits per heavy atom. The number of nitrogens with one attached hydrogen (secondary N) is 1. The molecular weight excluding hydrogens is 229 g/mol. The Hall–Kier alpha value is -0.640. The van der Waals surface area contributed by atoms with E-state index >= 15 is 0 Å². The average Bonchev–Trinajstić information content (AvgIpc) is 2.74. The third-order valence-electron chi connectivity index (χ3n) is 2.64. The zero-order chi connectivity index (χ0) is 10.5. The van der Waals surface area contributed by atoms with Gasteiger partial charge < -0.3 is 22.5 Å². The number of halogens is 2. The van der Waals surface area contributed by atoms with Crippen molar-refractivity contribution >= 4 is 0 Å². The molecule has 1 aliphatic heterocycles. The highest BCUT2D eigenvalue weighted by Gasteiger charge is 2.14. The Morgan fingerprint density at radius 2 is 2.06 bits per heavy atom. The van der Waals surface area contributed by atoms with E-state index in [-0.39, 0.29) is 18.2 Å². The van der Waals surface area contributed by atoms with Gasteiger partial charge in [-0.05, 0) is 30.5 Å². The van der Waals surface area contributed by atoms with Crippen LogP contribution in [0, 0.1) is 5.82 Å². The third-order valence-corrected chi connectivity index (χ3v) is 2.64. The van der Waals surface area contributed by atoms with Gasteiger partial charge in [0, 0.05) is 19.7 Å². The maximum absolute atomic E-state index is 12.6. The lowest BCUT2D eigenvalue weighted by Crippen LogP contribution is -3.00. The van der Waals surface area contributed by atoms with Gasteiger partial charge in [0.2, 0.25) is 0 Å². The second-order valence-corrected chi connectivity index (χ2v) is 3.89. The summed E-state index contributed by atoms with van der Waals surface area (Å²) in [5.74, 6) is -0.183. The zero-order valence-corrected chi connectivity index (χ0v) is 9.84. The molecule has 2 nitrogen and oxygen atoms in total. The number of benzene rings is 1. The lowest BCUT2D eigenvalue weighted by atomic mass is 10.2. The summed E-state index contributed by atoms with van der Waals surface area (Å²) in [4.78, 5) is 0.